The molecule has 4 aliphatic rings. The minimum atomic E-state index is -3.94. The summed E-state index contributed by atoms with van der Waals surface area (Å²) < 4.78 is 33.8. The SMILES string of the molecule is COc1ccccc1S(=O)(=O)NC(C)(C)C(=O)CC1C2CC3CC1CC(C(N)=O)(C3)C2. The van der Waals surface area contributed by atoms with Crippen molar-refractivity contribution >= 4 is 21.7 Å². The van der Waals surface area contributed by atoms with Crippen LogP contribution in [-0.4, -0.2) is 32.8 Å². The quantitative estimate of drug-likeness (QED) is 0.634. The molecule has 8 heteroatoms. The normalized spacial score (nSPS) is 32.1. The fourth-order valence-electron chi connectivity index (χ4n) is 6.52. The minimum Gasteiger partial charge on any atom is -0.495 e. The average Bonchev–Trinajstić information content (AvgIpc) is 2.69. The number of nitrogens with two attached hydrogens (primary N) is 1. The first-order chi connectivity index (χ1) is 14.5. The van der Waals surface area contributed by atoms with Gasteiger partial charge in [-0.3, -0.25) is 9.59 Å². The molecule has 7 nitrogen and oxygen atoms in total. The molecule has 4 bridgehead atoms. The number of amides is 1. The molecule has 1 amide bonds. The Morgan fingerprint density at radius 1 is 1.16 bits per heavy atom. The molecule has 2 unspecified atom stereocenters. The van der Waals surface area contributed by atoms with Gasteiger partial charge in [0.2, 0.25) is 15.9 Å². The first-order valence-corrected chi connectivity index (χ1v) is 12.5. The molecule has 1 aromatic rings. The van der Waals surface area contributed by atoms with Crippen molar-refractivity contribution in [3.8, 4) is 5.75 Å². The van der Waals surface area contributed by atoms with Crippen molar-refractivity contribution in [1.82, 2.24) is 4.72 Å². The Bertz CT molecular complexity index is 987. The van der Waals surface area contributed by atoms with Crippen molar-refractivity contribution in [1.29, 1.82) is 0 Å². The van der Waals surface area contributed by atoms with E-state index in [1.165, 1.54) is 13.2 Å². The lowest BCUT2D eigenvalue weighted by atomic mass is 9.45. The monoisotopic (exact) mass is 448 g/mol. The van der Waals surface area contributed by atoms with E-state index in [0.717, 1.165) is 32.1 Å². The summed E-state index contributed by atoms with van der Waals surface area (Å²) in [4.78, 5) is 25.4. The summed E-state index contributed by atoms with van der Waals surface area (Å²) in [6.07, 6.45) is 4.81. The third kappa shape index (κ3) is 3.89. The summed E-state index contributed by atoms with van der Waals surface area (Å²) in [6, 6.07) is 6.35. The van der Waals surface area contributed by atoms with Crippen LogP contribution in [0.25, 0.3) is 0 Å². The Kier molecular flexibility index (Phi) is 5.45. The Morgan fingerprint density at radius 3 is 2.35 bits per heavy atom. The first kappa shape index (κ1) is 22.3. The summed E-state index contributed by atoms with van der Waals surface area (Å²) in [7, 11) is -2.53. The van der Waals surface area contributed by atoms with Gasteiger partial charge >= 0.3 is 0 Å². The van der Waals surface area contributed by atoms with E-state index in [2.05, 4.69) is 4.72 Å². The van der Waals surface area contributed by atoms with E-state index >= 15 is 0 Å². The number of nitrogens with one attached hydrogen (secondary N) is 1. The Hall–Kier alpha value is -1.93. The molecule has 2 atom stereocenters. The highest BCUT2D eigenvalue weighted by Crippen LogP contribution is 2.62. The zero-order valence-corrected chi connectivity index (χ0v) is 19.2. The van der Waals surface area contributed by atoms with E-state index in [9.17, 15) is 18.0 Å². The van der Waals surface area contributed by atoms with Crippen LogP contribution in [0.4, 0.5) is 0 Å². The van der Waals surface area contributed by atoms with Gasteiger partial charge in [-0.15, -0.1) is 0 Å². The lowest BCUT2D eigenvalue weighted by Crippen LogP contribution is -2.57. The molecule has 4 saturated carbocycles. The van der Waals surface area contributed by atoms with E-state index in [1.54, 1.807) is 32.0 Å². The summed E-state index contributed by atoms with van der Waals surface area (Å²) in [5, 5.41) is 0. The van der Waals surface area contributed by atoms with Gasteiger partial charge in [-0.2, -0.15) is 4.72 Å². The standard InChI is InChI=1S/C23H32N2O5S/c1-22(2,25-31(28,29)19-7-5-4-6-18(19)30-3)20(26)10-17-15-8-14-9-16(17)13-23(11-14,12-15)21(24)27/h4-7,14-17,25H,8-13H2,1-3H3,(H2,24,27). The van der Waals surface area contributed by atoms with Crippen LogP contribution in [0.3, 0.4) is 0 Å². The van der Waals surface area contributed by atoms with E-state index in [0.29, 0.717) is 24.2 Å². The van der Waals surface area contributed by atoms with Crippen molar-refractivity contribution < 1.29 is 22.7 Å². The molecule has 31 heavy (non-hydrogen) atoms. The number of Topliss-reactive ketones (excluding diaryl/α,β-unsaturated/α-hetero) is 1. The molecule has 0 radical (unpaired) electrons. The second-order valence-corrected chi connectivity index (χ2v) is 11.9. The van der Waals surface area contributed by atoms with Crippen LogP contribution in [0.5, 0.6) is 5.75 Å². The first-order valence-electron chi connectivity index (χ1n) is 11.0. The number of hydrogen-bond acceptors (Lipinski definition) is 5. The highest BCUT2D eigenvalue weighted by atomic mass is 32.2. The van der Waals surface area contributed by atoms with Crippen LogP contribution in [-0.2, 0) is 19.6 Å². The van der Waals surface area contributed by atoms with Crippen LogP contribution in [0, 0.1) is 29.1 Å². The summed E-state index contributed by atoms with van der Waals surface area (Å²) in [5.74, 6) is 1.24. The smallest absolute Gasteiger partial charge is 0.245 e. The van der Waals surface area contributed by atoms with Gasteiger partial charge in [0.15, 0.2) is 5.78 Å². The molecule has 0 aliphatic heterocycles. The molecule has 4 aliphatic carbocycles. The highest BCUT2D eigenvalue weighted by Gasteiger charge is 2.58. The Morgan fingerprint density at radius 2 is 1.77 bits per heavy atom. The molecule has 4 fully saturated rings. The Labute approximate surface area is 184 Å². The maximum atomic E-state index is 13.3. The predicted octanol–water partition coefficient (Wildman–Crippen LogP) is 2.64. The molecule has 0 spiro atoms. The van der Waals surface area contributed by atoms with Crippen molar-refractivity contribution in [2.24, 2.45) is 34.8 Å². The van der Waals surface area contributed by atoms with E-state index in [1.807, 2.05) is 0 Å². The topological polar surface area (TPSA) is 116 Å². The number of benzene rings is 1. The predicted molar refractivity (Wildman–Crippen MR) is 116 cm³/mol. The van der Waals surface area contributed by atoms with Crippen LogP contribution >= 0.6 is 0 Å². The van der Waals surface area contributed by atoms with Crippen LogP contribution in [0.1, 0.15) is 52.4 Å². The molecule has 170 valence electrons. The highest BCUT2D eigenvalue weighted by molar-refractivity contribution is 7.89. The fraction of sp³-hybridized carbons (Fsp3) is 0.652. The van der Waals surface area contributed by atoms with Gasteiger partial charge in [-0.1, -0.05) is 12.1 Å². The van der Waals surface area contributed by atoms with Crippen molar-refractivity contribution in [3.05, 3.63) is 24.3 Å². The average molecular weight is 449 g/mol. The van der Waals surface area contributed by atoms with E-state index < -0.39 is 21.0 Å². The second-order valence-electron chi connectivity index (χ2n) is 10.3. The maximum Gasteiger partial charge on any atom is 0.245 e. The minimum absolute atomic E-state index is 0.0106. The van der Waals surface area contributed by atoms with Gasteiger partial charge in [0.05, 0.1) is 12.6 Å². The van der Waals surface area contributed by atoms with Crippen molar-refractivity contribution in [2.75, 3.05) is 7.11 Å². The number of methoxy groups -OCH3 is 1. The van der Waals surface area contributed by atoms with Crippen LogP contribution in [0.2, 0.25) is 0 Å². The molecule has 0 saturated heterocycles. The van der Waals surface area contributed by atoms with Gasteiger partial charge in [-0.05, 0) is 81.8 Å². The largest absolute Gasteiger partial charge is 0.495 e. The van der Waals surface area contributed by atoms with Gasteiger partial charge in [0.1, 0.15) is 10.6 Å². The maximum absolute atomic E-state index is 13.3. The molecule has 5 rings (SSSR count). The zero-order chi connectivity index (χ0) is 22.6. The number of rotatable bonds is 8. The number of carbonyl (C=O) groups is 2. The number of sulfonamides is 1. The second kappa shape index (κ2) is 7.59. The zero-order valence-electron chi connectivity index (χ0n) is 18.4. The van der Waals surface area contributed by atoms with Crippen molar-refractivity contribution in [3.63, 3.8) is 0 Å². The molecular weight excluding hydrogens is 416 g/mol. The number of ketones is 1. The lowest BCUT2D eigenvalue weighted by Gasteiger charge is -2.59. The lowest BCUT2D eigenvalue weighted by molar-refractivity contribution is -0.152. The fourth-order valence-corrected chi connectivity index (χ4v) is 8.09. The number of ether oxygens (including phenoxy) is 1. The van der Waals surface area contributed by atoms with E-state index in [4.69, 9.17) is 10.5 Å². The van der Waals surface area contributed by atoms with Crippen molar-refractivity contribution in [2.45, 2.75) is 62.8 Å². The number of primary amides is 1. The molecule has 0 heterocycles. The van der Waals surface area contributed by atoms with Gasteiger partial charge in [-0.25, -0.2) is 8.42 Å². The molecule has 0 aromatic heterocycles. The molecule has 3 N–H and O–H groups in total. The summed E-state index contributed by atoms with van der Waals surface area (Å²) in [5.41, 5.74) is 4.12. The third-order valence-corrected chi connectivity index (χ3v) is 9.55. The molecular formula is C23H32N2O5S. The Balaban J connectivity index is 1.49. The third-order valence-electron chi connectivity index (χ3n) is 7.86. The van der Waals surface area contributed by atoms with Gasteiger partial charge in [0.25, 0.3) is 0 Å². The number of carbonyl (C=O) groups excluding carboxylic acids is 2. The summed E-state index contributed by atoms with van der Waals surface area (Å²) in [6.45, 7) is 3.23. The number of hydrogen-bond donors (Lipinski definition) is 2. The van der Waals surface area contributed by atoms with Crippen LogP contribution in [0.15, 0.2) is 29.2 Å². The van der Waals surface area contributed by atoms with Gasteiger partial charge < -0.3 is 10.5 Å². The number of para-hydroxylation sites is 1. The summed E-state index contributed by atoms with van der Waals surface area (Å²) >= 11 is 0. The molecule has 1 aromatic carbocycles. The van der Waals surface area contributed by atoms with Crippen LogP contribution < -0.4 is 15.2 Å². The van der Waals surface area contributed by atoms with Gasteiger partial charge in [0, 0.05) is 11.8 Å². The van der Waals surface area contributed by atoms with E-state index in [-0.39, 0.29) is 28.3 Å².